The van der Waals surface area contributed by atoms with Gasteiger partial charge in [0, 0.05) is 0 Å². The SMILES string of the molecule is CCC(CC)CCC(C)C(CC)CC. The molecule has 0 aliphatic rings. The Kier molecular flexibility index (Phi) is 8.32. The van der Waals surface area contributed by atoms with E-state index in [1.807, 2.05) is 0 Å². The monoisotopic (exact) mass is 198 g/mol. The molecule has 1 atom stereocenters. The first kappa shape index (κ1) is 14.0. The van der Waals surface area contributed by atoms with Crippen molar-refractivity contribution >= 4 is 0 Å². The Labute approximate surface area is 91.5 Å². The van der Waals surface area contributed by atoms with Crippen molar-refractivity contribution in [1.29, 1.82) is 0 Å². The van der Waals surface area contributed by atoms with Gasteiger partial charge in [0.2, 0.25) is 0 Å². The lowest BCUT2D eigenvalue weighted by molar-refractivity contribution is 0.287. The molecule has 0 heterocycles. The van der Waals surface area contributed by atoms with Crippen LogP contribution in [0, 0.1) is 17.8 Å². The van der Waals surface area contributed by atoms with E-state index in [4.69, 9.17) is 0 Å². The number of rotatable bonds is 8. The smallest absolute Gasteiger partial charge is 0.0394 e. The summed E-state index contributed by atoms with van der Waals surface area (Å²) in [5, 5.41) is 0. The molecular weight excluding hydrogens is 168 g/mol. The van der Waals surface area contributed by atoms with Gasteiger partial charge in [0.05, 0.1) is 0 Å². The van der Waals surface area contributed by atoms with Gasteiger partial charge in [-0.15, -0.1) is 0 Å². The van der Waals surface area contributed by atoms with Gasteiger partial charge in [0.15, 0.2) is 0 Å². The van der Waals surface area contributed by atoms with Crippen molar-refractivity contribution < 1.29 is 0 Å². The highest BCUT2D eigenvalue weighted by Gasteiger charge is 2.14. The molecule has 0 nitrogen and oxygen atoms in total. The van der Waals surface area contributed by atoms with Crippen LogP contribution in [-0.4, -0.2) is 0 Å². The second kappa shape index (κ2) is 8.32. The van der Waals surface area contributed by atoms with Crippen LogP contribution in [0.3, 0.4) is 0 Å². The standard InChI is InChI=1S/C14H30/c1-6-13(7-2)11-10-12(5)14(8-3)9-4/h12-14H,6-11H2,1-5H3. The fourth-order valence-corrected chi connectivity index (χ4v) is 2.52. The summed E-state index contributed by atoms with van der Waals surface area (Å²) in [6.45, 7) is 11.8. The fraction of sp³-hybridized carbons (Fsp3) is 1.00. The molecule has 0 amide bonds. The van der Waals surface area contributed by atoms with E-state index in [0.29, 0.717) is 0 Å². The predicted octanol–water partition coefficient (Wildman–Crippen LogP) is 5.28. The van der Waals surface area contributed by atoms with Crippen molar-refractivity contribution in [3.63, 3.8) is 0 Å². The highest BCUT2D eigenvalue weighted by Crippen LogP contribution is 2.26. The topological polar surface area (TPSA) is 0 Å². The first-order chi connectivity index (χ1) is 6.69. The van der Waals surface area contributed by atoms with Gasteiger partial charge < -0.3 is 0 Å². The second-order valence-electron chi connectivity index (χ2n) is 4.81. The maximum absolute atomic E-state index is 2.44. The van der Waals surface area contributed by atoms with Crippen molar-refractivity contribution in [2.75, 3.05) is 0 Å². The Morgan fingerprint density at radius 3 is 1.57 bits per heavy atom. The molecule has 0 aromatic heterocycles. The van der Waals surface area contributed by atoms with Crippen LogP contribution in [0.1, 0.15) is 73.1 Å². The lowest BCUT2D eigenvalue weighted by Gasteiger charge is -2.23. The maximum atomic E-state index is 2.44. The van der Waals surface area contributed by atoms with E-state index in [9.17, 15) is 0 Å². The van der Waals surface area contributed by atoms with Gasteiger partial charge in [-0.05, 0) is 17.8 Å². The van der Waals surface area contributed by atoms with E-state index in [-0.39, 0.29) is 0 Å². The summed E-state index contributed by atoms with van der Waals surface area (Å²) in [5.41, 5.74) is 0. The van der Waals surface area contributed by atoms with Gasteiger partial charge in [-0.25, -0.2) is 0 Å². The Bertz CT molecular complexity index is 109. The average molecular weight is 198 g/mol. The van der Waals surface area contributed by atoms with Crippen molar-refractivity contribution in [2.45, 2.75) is 73.1 Å². The molecule has 86 valence electrons. The van der Waals surface area contributed by atoms with E-state index < -0.39 is 0 Å². The zero-order chi connectivity index (χ0) is 11.0. The summed E-state index contributed by atoms with van der Waals surface area (Å²) in [6, 6.07) is 0. The largest absolute Gasteiger partial charge is 0.0651 e. The number of hydrogen-bond acceptors (Lipinski definition) is 0. The van der Waals surface area contributed by atoms with Crippen molar-refractivity contribution in [2.24, 2.45) is 17.8 Å². The van der Waals surface area contributed by atoms with Gasteiger partial charge in [0.25, 0.3) is 0 Å². The van der Waals surface area contributed by atoms with Crippen LogP contribution in [0.5, 0.6) is 0 Å². The van der Waals surface area contributed by atoms with Gasteiger partial charge in [0.1, 0.15) is 0 Å². The molecule has 0 saturated carbocycles. The lowest BCUT2D eigenvalue weighted by Crippen LogP contribution is -2.11. The average Bonchev–Trinajstić information content (AvgIpc) is 2.21. The Morgan fingerprint density at radius 1 is 0.714 bits per heavy atom. The molecule has 0 aromatic carbocycles. The molecule has 14 heavy (non-hydrogen) atoms. The normalized spacial score (nSPS) is 13.9. The molecule has 0 fully saturated rings. The highest BCUT2D eigenvalue weighted by atomic mass is 14.2. The molecular formula is C14H30. The van der Waals surface area contributed by atoms with Crippen LogP contribution in [0.4, 0.5) is 0 Å². The van der Waals surface area contributed by atoms with Gasteiger partial charge in [-0.2, -0.15) is 0 Å². The Morgan fingerprint density at radius 2 is 1.21 bits per heavy atom. The predicted molar refractivity (Wildman–Crippen MR) is 66.5 cm³/mol. The van der Waals surface area contributed by atoms with E-state index in [0.717, 1.165) is 17.8 Å². The molecule has 0 heteroatoms. The number of hydrogen-bond donors (Lipinski definition) is 0. The Hall–Kier alpha value is 0. The van der Waals surface area contributed by atoms with Crippen LogP contribution in [0.15, 0.2) is 0 Å². The summed E-state index contributed by atoms with van der Waals surface area (Å²) in [7, 11) is 0. The molecule has 0 aliphatic heterocycles. The van der Waals surface area contributed by atoms with Gasteiger partial charge >= 0.3 is 0 Å². The minimum absolute atomic E-state index is 0.936. The highest BCUT2D eigenvalue weighted by molar-refractivity contribution is 4.66. The molecule has 0 rings (SSSR count). The first-order valence-electron chi connectivity index (χ1n) is 6.69. The molecule has 0 radical (unpaired) electrons. The van der Waals surface area contributed by atoms with Crippen LogP contribution >= 0.6 is 0 Å². The van der Waals surface area contributed by atoms with Crippen LogP contribution in [0.2, 0.25) is 0 Å². The lowest BCUT2D eigenvalue weighted by atomic mass is 9.83. The zero-order valence-corrected chi connectivity index (χ0v) is 11.0. The molecule has 0 aromatic rings. The van der Waals surface area contributed by atoms with Crippen LogP contribution in [0.25, 0.3) is 0 Å². The Balaban J connectivity index is 3.75. The van der Waals surface area contributed by atoms with Crippen molar-refractivity contribution in [3.05, 3.63) is 0 Å². The third-order valence-electron chi connectivity index (χ3n) is 4.04. The summed E-state index contributed by atoms with van der Waals surface area (Å²) in [5.74, 6) is 2.88. The molecule has 0 spiro atoms. The van der Waals surface area contributed by atoms with Crippen LogP contribution in [-0.2, 0) is 0 Å². The summed E-state index contributed by atoms with van der Waals surface area (Å²) in [4.78, 5) is 0. The molecule has 1 unspecified atom stereocenters. The van der Waals surface area contributed by atoms with Crippen molar-refractivity contribution in [3.8, 4) is 0 Å². The maximum Gasteiger partial charge on any atom is -0.0394 e. The molecule has 0 saturated heterocycles. The molecule has 0 bridgehead atoms. The first-order valence-corrected chi connectivity index (χ1v) is 6.69. The summed E-state index contributed by atoms with van der Waals surface area (Å²) >= 11 is 0. The van der Waals surface area contributed by atoms with E-state index in [2.05, 4.69) is 34.6 Å². The summed E-state index contributed by atoms with van der Waals surface area (Å²) in [6.07, 6.45) is 8.35. The third-order valence-corrected chi connectivity index (χ3v) is 4.04. The van der Waals surface area contributed by atoms with Gasteiger partial charge in [-0.1, -0.05) is 73.1 Å². The second-order valence-corrected chi connectivity index (χ2v) is 4.81. The minimum Gasteiger partial charge on any atom is -0.0651 e. The van der Waals surface area contributed by atoms with E-state index >= 15 is 0 Å². The van der Waals surface area contributed by atoms with Crippen molar-refractivity contribution in [1.82, 2.24) is 0 Å². The molecule has 0 N–H and O–H groups in total. The summed E-state index contributed by atoms with van der Waals surface area (Å²) < 4.78 is 0. The van der Waals surface area contributed by atoms with Gasteiger partial charge in [-0.3, -0.25) is 0 Å². The third kappa shape index (κ3) is 5.02. The van der Waals surface area contributed by atoms with E-state index in [1.54, 1.807) is 0 Å². The zero-order valence-electron chi connectivity index (χ0n) is 11.0. The van der Waals surface area contributed by atoms with Crippen LogP contribution < -0.4 is 0 Å². The quantitative estimate of drug-likeness (QED) is 0.498. The fourth-order valence-electron chi connectivity index (χ4n) is 2.52. The minimum atomic E-state index is 0.936. The van der Waals surface area contributed by atoms with E-state index in [1.165, 1.54) is 38.5 Å². The molecule has 0 aliphatic carbocycles.